The molecule has 2 aromatic rings. The average Bonchev–Trinajstić information content (AvgIpc) is 2.75. The predicted molar refractivity (Wildman–Crippen MR) is 110 cm³/mol. The predicted octanol–water partition coefficient (Wildman–Crippen LogP) is 1.35. The number of para-hydroxylation sites is 3. The number of ether oxygens (including phenoxy) is 1. The van der Waals surface area contributed by atoms with Crippen LogP contribution in [0.5, 0.6) is 5.75 Å². The van der Waals surface area contributed by atoms with Crippen LogP contribution < -0.4 is 19.4 Å². The number of hydrogen-bond acceptors (Lipinski definition) is 4. The number of benzene rings is 2. The van der Waals surface area contributed by atoms with Gasteiger partial charge in [-0.15, -0.1) is 0 Å². The number of nitrogens with zero attached hydrogens (tertiary/aromatic N) is 3. The van der Waals surface area contributed by atoms with Gasteiger partial charge in [0.25, 0.3) is 5.91 Å². The van der Waals surface area contributed by atoms with Gasteiger partial charge in [-0.2, -0.15) is 5.26 Å². The Kier molecular flexibility index (Phi) is 6.88. The van der Waals surface area contributed by atoms with E-state index in [1.54, 1.807) is 12.0 Å². The SMILES string of the molecule is COc1ccccc1N1CC[NH+](CC(=O)N(CCC#N)c2ccccc2)CC1. The zero-order chi connectivity index (χ0) is 19.8. The smallest absolute Gasteiger partial charge is 0.282 e. The lowest BCUT2D eigenvalue weighted by Crippen LogP contribution is -3.16. The second-order valence-electron chi connectivity index (χ2n) is 6.87. The van der Waals surface area contributed by atoms with E-state index in [0.29, 0.717) is 19.5 Å². The third-order valence-electron chi connectivity index (χ3n) is 5.11. The van der Waals surface area contributed by atoms with Crippen LogP contribution in [-0.2, 0) is 4.79 Å². The number of anilines is 2. The molecule has 0 bridgehead atoms. The maximum absolute atomic E-state index is 12.9. The first-order chi connectivity index (χ1) is 13.7. The number of quaternary nitrogens is 1. The second-order valence-corrected chi connectivity index (χ2v) is 6.87. The fourth-order valence-electron chi connectivity index (χ4n) is 3.61. The molecule has 0 aromatic heterocycles. The highest BCUT2D eigenvalue weighted by Gasteiger charge is 2.26. The molecule has 28 heavy (non-hydrogen) atoms. The van der Waals surface area contributed by atoms with Crippen LogP contribution in [0.3, 0.4) is 0 Å². The van der Waals surface area contributed by atoms with Crippen LogP contribution in [0.15, 0.2) is 54.6 Å². The summed E-state index contributed by atoms with van der Waals surface area (Å²) < 4.78 is 5.47. The lowest BCUT2D eigenvalue weighted by Gasteiger charge is -2.34. The van der Waals surface area contributed by atoms with Crippen molar-refractivity contribution in [2.75, 3.05) is 56.2 Å². The van der Waals surface area contributed by atoms with Crippen LogP contribution in [0.1, 0.15) is 6.42 Å². The minimum Gasteiger partial charge on any atom is -0.495 e. The molecular weight excluding hydrogens is 352 g/mol. The lowest BCUT2D eigenvalue weighted by molar-refractivity contribution is -0.892. The number of amides is 1. The summed E-state index contributed by atoms with van der Waals surface area (Å²) in [5, 5.41) is 8.94. The molecule has 0 unspecified atom stereocenters. The number of nitrogens with one attached hydrogen (secondary N) is 1. The van der Waals surface area contributed by atoms with Crippen molar-refractivity contribution >= 4 is 17.3 Å². The first kappa shape index (κ1) is 19.7. The van der Waals surface area contributed by atoms with E-state index in [9.17, 15) is 4.79 Å². The number of carbonyl (C=O) groups excluding carboxylic acids is 1. The highest BCUT2D eigenvalue weighted by molar-refractivity contribution is 5.94. The Morgan fingerprint density at radius 1 is 1.14 bits per heavy atom. The maximum Gasteiger partial charge on any atom is 0.282 e. The molecule has 6 heteroatoms. The first-order valence-electron chi connectivity index (χ1n) is 9.67. The zero-order valence-corrected chi connectivity index (χ0v) is 16.3. The minimum atomic E-state index is 0.0715. The summed E-state index contributed by atoms with van der Waals surface area (Å²) in [7, 11) is 1.69. The molecule has 1 N–H and O–H groups in total. The Morgan fingerprint density at radius 2 is 1.82 bits per heavy atom. The monoisotopic (exact) mass is 379 g/mol. The Balaban J connectivity index is 1.60. The molecule has 1 amide bonds. The van der Waals surface area contributed by atoms with E-state index in [0.717, 1.165) is 43.3 Å². The van der Waals surface area contributed by atoms with E-state index in [1.165, 1.54) is 4.90 Å². The molecule has 0 saturated carbocycles. The van der Waals surface area contributed by atoms with Gasteiger partial charge < -0.3 is 19.4 Å². The topological polar surface area (TPSA) is 61.0 Å². The summed E-state index contributed by atoms with van der Waals surface area (Å²) >= 11 is 0. The van der Waals surface area contributed by atoms with Gasteiger partial charge in [0.05, 0.1) is 51.5 Å². The van der Waals surface area contributed by atoms with Crippen LogP contribution in [0.4, 0.5) is 11.4 Å². The molecule has 1 saturated heterocycles. The minimum absolute atomic E-state index is 0.0715. The van der Waals surface area contributed by atoms with E-state index in [1.807, 2.05) is 48.5 Å². The zero-order valence-electron chi connectivity index (χ0n) is 16.3. The number of piperazine rings is 1. The second kappa shape index (κ2) is 9.77. The highest BCUT2D eigenvalue weighted by atomic mass is 16.5. The van der Waals surface area contributed by atoms with Gasteiger partial charge in [-0.25, -0.2) is 0 Å². The normalized spacial score (nSPS) is 14.4. The Hall–Kier alpha value is -3.04. The van der Waals surface area contributed by atoms with Gasteiger partial charge in [0, 0.05) is 12.2 Å². The number of hydrogen-bond donors (Lipinski definition) is 1. The standard InChI is InChI=1S/C22H26N4O2/c1-28-21-11-6-5-10-20(21)25-16-14-24(15-17-25)18-22(27)26(13-7-12-23)19-8-3-2-4-9-19/h2-6,8-11H,7,13-18H2,1H3/p+1. The Morgan fingerprint density at radius 3 is 2.50 bits per heavy atom. The van der Waals surface area contributed by atoms with Crippen LogP contribution in [0.2, 0.25) is 0 Å². The lowest BCUT2D eigenvalue weighted by atomic mass is 10.2. The summed E-state index contributed by atoms with van der Waals surface area (Å²) in [6, 6.07) is 19.8. The molecule has 2 aromatic carbocycles. The largest absolute Gasteiger partial charge is 0.495 e. The molecule has 3 rings (SSSR count). The molecule has 1 aliphatic heterocycles. The summed E-state index contributed by atoms with van der Waals surface area (Å²) in [4.78, 5) is 18.3. The molecule has 6 nitrogen and oxygen atoms in total. The molecule has 0 atom stereocenters. The van der Waals surface area contributed by atoms with Crippen molar-refractivity contribution in [3.05, 3.63) is 54.6 Å². The third kappa shape index (κ3) is 4.81. The van der Waals surface area contributed by atoms with Crippen LogP contribution in [-0.4, -0.2) is 52.3 Å². The molecule has 1 heterocycles. The van der Waals surface area contributed by atoms with E-state index >= 15 is 0 Å². The quantitative estimate of drug-likeness (QED) is 0.789. The summed E-state index contributed by atoms with van der Waals surface area (Å²) in [5.74, 6) is 0.955. The average molecular weight is 379 g/mol. The molecule has 0 aliphatic carbocycles. The Labute approximate surface area is 166 Å². The fraction of sp³-hybridized carbons (Fsp3) is 0.364. The highest BCUT2D eigenvalue weighted by Crippen LogP contribution is 2.27. The number of carbonyl (C=O) groups is 1. The number of nitriles is 1. The van der Waals surface area contributed by atoms with Gasteiger partial charge in [-0.3, -0.25) is 4.79 Å². The van der Waals surface area contributed by atoms with Crippen molar-refractivity contribution in [2.24, 2.45) is 0 Å². The molecular formula is C22H27N4O2+. The summed E-state index contributed by atoms with van der Waals surface area (Å²) in [5.41, 5.74) is 1.96. The Bertz CT molecular complexity index is 811. The van der Waals surface area contributed by atoms with Gasteiger partial charge in [-0.05, 0) is 24.3 Å². The van der Waals surface area contributed by atoms with Crippen molar-refractivity contribution in [1.82, 2.24) is 0 Å². The van der Waals surface area contributed by atoms with Gasteiger partial charge in [0.2, 0.25) is 0 Å². The van der Waals surface area contributed by atoms with E-state index < -0.39 is 0 Å². The van der Waals surface area contributed by atoms with Crippen molar-refractivity contribution < 1.29 is 14.4 Å². The molecule has 0 radical (unpaired) electrons. The van der Waals surface area contributed by atoms with Gasteiger partial charge in [-0.1, -0.05) is 30.3 Å². The third-order valence-corrected chi connectivity index (χ3v) is 5.11. The molecule has 1 fully saturated rings. The molecule has 0 spiro atoms. The number of rotatable bonds is 7. The molecule has 1 aliphatic rings. The summed E-state index contributed by atoms with van der Waals surface area (Å²) in [6.07, 6.45) is 0.331. The van der Waals surface area contributed by atoms with Crippen molar-refractivity contribution in [2.45, 2.75) is 6.42 Å². The van der Waals surface area contributed by atoms with Crippen molar-refractivity contribution in [3.8, 4) is 11.8 Å². The number of methoxy groups -OCH3 is 1. The van der Waals surface area contributed by atoms with Crippen LogP contribution >= 0.6 is 0 Å². The van der Waals surface area contributed by atoms with E-state index in [-0.39, 0.29) is 5.91 Å². The maximum atomic E-state index is 12.9. The van der Waals surface area contributed by atoms with E-state index in [2.05, 4.69) is 17.0 Å². The summed E-state index contributed by atoms with van der Waals surface area (Å²) in [6.45, 7) is 4.43. The van der Waals surface area contributed by atoms with Gasteiger partial charge in [0.1, 0.15) is 5.75 Å². The fourth-order valence-corrected chi connectivity index (χ4v) is 3.61. The van der Waals surface area contributed by atoms with Crippen LogP contribution in [0.25, 0.3) is 0 Å². The van der Waals surface area contributed by atoms with Crippen molar-refractivity contribution in [1.29, 1.82) is 5.26 Å². The van der Waals surface area contributed by atoms with Crippen LogP contribution in [0, 0.1) is 11.3 Å². The van der Waals surface area contributed by atoms with Gasteiger partial charge >= 0.3 is 0 Å². The molecule has 146 valence electrons. The van der Waals surface area contributed by atoms with Gasteiger partial charge in [0.15, 0.2) is 6.54 Å². The van der Waals surface area contributed by atoms with Crippen molar-refractivity contribution in [3.63, 3.8) is 0 Å². The first-order valence-corrected chi connectivity index (χ1v) is 9.67. The van der Waals surface area contributed by atoms with E-state index in [4.69, 9.17) is 10.00 Å².